The average molecular weight is 558 g/mol. The minimum absolute atomic E-state index is 0.208. The van der Waals surface area contributed by atoms with Crippen LogP contribution in [0.1, 0.15) is 18.2 Å². The van der Waals surface area contributed by atoms with Crippen LogP contribution >= 0.6 is 11.8 Å². The molecule has 1 amide bonds. The molecular formula is C24H28FN9O4S. The molecule has 4 heterocycles. The Bertz CT molecular complexity index is 1430. The van der Waals surface area contributed by atoms with Crippen LogP contribution in [0.25, 0.3) is 16.9 Å². The predicted octanol–water partition coefficient (Wildman–Crippen LogP) is 0.120. The van der Waals surface area contributed by atoms with Gasteiger partial charge in [-0.25, -0.2) is 24.0 Å². The van der Waals surface area contributed by atoms with Gasteiger partial charge in [0.15, 0.2) is 17.7 Å². The number of aliphatic hydroxyl groups excluding tert-OH is 2. The highest BCUT2D eigenvalue weighted by atomic mass is 32.2. The Balaban J connectivity index is 1.06. The van der Waals surface area contributed by atoms with Crippen molar-refractivity contribution >= 4 is 34.7 Å². The van der Waals surface area contributed by atoms with Gasteiger partial charge in [0.25, 0.3) is 0 Å². The zero-order valence-corrected chi connectivity index (χ0v) is 21.5. The summed E-state index contributed by atoms with van der Waals surface area (Å²) < 4.78 is 22.2. The first kappa shape index (κ1) is 27.0. The van der Waals surface area contributed by atoms with Crippen LogP contribution in [-0.2, 0) is 16.1 Å². The van der Waals surface area contributed by atoms with Crippen LogP contribution in [0.3, 0.4) is 0 Å². The number of imidazole rings is 1. The van der Waals surface area contributed by atoms with Gasteiger partial charge in [-0.05, 0) is 36.4 Å². The number of halogens is 1. The number of carbonyl (C=O) groups excluding carboxylic acids is 1. The topological polar surface area (TPSA) is 192 Å². The minimum Gasteiger partial charge on any atom is -0.387 e. The number of nitrogens with two attached hydrogens (primary N) is 2. The number of nitrogens with one attached hydrogen (secondary N) is 1. The Morgan fingerprint density at radius 3 is 2.79 bits per heavy atom. The van der Waals surface area contributed by atoms with Crippen LogP contribution < -0.4 is 16.8 Å². The van der Waals surface area contributed by atoms with Crippen LogP contribution in [0.15, 0.2) is 49.3 Å². The molecule has 0 aliphatic carbocycles. The lowest BCUT2D eigenvalue weighted by atomic mass is 10.1. The number of amides is 1. The number of thioether (sulfide) groups is 1. The van der Waals surface area contributed by atoms with Crippen molar-refractivity contribution in [1.29, 1.82) is 0 Å². The van der Waals surface area contributed by atoms with Crippen LogP contribution in [0, 0.1) is 5.82 Å². The van der Waals surface area contributed by atoms with Crippen LogP contribution in [-0.4, -0.2) is 81.3 Å². The molecule has 206 valence electrons. The average Bonchev–Trinajstić information content (AvgIpc) is 3.65. The first-order valence-electron chi connectivity index (χ1n) is 12.2. The third-order valence-electron chi connectivity index (χ3n) is 6.38. The number of nitrogen functional groups attached to an aromatic ring is 1. The second-order valence-corrected chi connectivity index (χ2v) is 10.2. The number of hydrogen-bond donors (Lipinski definition) is 5. The van der Waals surface area contributed by atoms with Crippen molar-refractivity contribution in [2.75, 3.05) is 17.2 Å². The molecule has 0 saturated carbocycles. The fourth-order valence-electron chi connectivity index (χ4n) is 4.20. The Kier molecular flexibility index (Phi) is 8.04. The minimum atomic E-state index is -1.19. The van der Waals surface area contributed by atoms with E-state index < -0.39 is 30.6 Å². The van der Waals surface area contributed by atoms with Gasteiger partial charge in [0, 0.05) is 24.1 Å². The first-order chi connectivity index (χ1) is 18.8. The van der Waals surface area contributed by atoms with E-state index in [1.807, 2.05) is 0 Å². The summed E-state index contributed by atoms with van der Waals surface area (Å²) >= 11 is 1.46. The second kappa shape index (κ2) is 11.6. The van der Waals surface area contributed by atoms with Gasteiger partial charge in [0.1, 0.15) is 29.9 Å². The highest BCUT2D eigenvalue weighted by molar-refractivity contribution is 7.99. The molecule has 39 heavy (non-hydrogen) atoms. The summed E-state index contributed by atoms with van der Waals surface area (Å²) in [5.74, 6) is 0.506. The maximum Gasteiger partial charge on any atom is 0.237 e. The van der Waals surface area contributed by atoms with Crippen molar-refractivity contribution < 1.29 is 24.1 Å². The lowest BCUT2D eigenvalue weighted by Gasteiger charge is -2.16. The van der Waals surface area contributed by atoms with Crippen molar-refractivity contribution in [3.63, 3.8) is 0 Å². The number of rotatable bonds is 10. The quantitative estimate of drug-likeness (QED) is 0.166. The second-order valence-electron chi connectivity index (χ2n) is 9.09. The van der Waals surface area contributed by atoms with E-state index in [1.54, 1.807) is 29.2 Å². The summed E-state index contributed by atoms with van der Waals surface area (Å²) in [6.45, 7) is 0.252. The highest BCUT2D eigenvalue weighted by Gasteiger charge is 2.44. The zero-order chi connectivity index (χ0) is 27.5. The van der Waals surface area contributed by atoms with E-state index in [4.69, 9.17) is 16.2 Å². The molecule has 4 aromatic rings. The third kappa shape index (κ3) is 5.86. The van der Waals surface area contributed by atoms with E-state index in [2.05, 4.69) is 25.4 Å². The summed E-state index contributed by atoms with van der Waals surface area (Å²) in [6, 6.07) is 5.20. The summed E-state index contributed by atoms with van der Waals surface area (Å²) in [7, 11) is 0. The fourth-order valence-corrected chi connectivity index (χ4v) is 5.30. The van der Waals surface area contributed by atoms with Crippen LogP contribution in [0.4, 0.5) is 10.2 Å². The number of benzene rings is 1. The Labute approximate surface area is 226 Å². The van der Waals surface area contributed by atoms with Crippen LogP contribution in [0.5, 0.6) is 0 Å². The van der Waals surface area contributed by atoms with E-state index in [-0.39, 0.29) is 24.1 Å². The standard InChI is InChI=1S/C24H28FN9O4S/c25-14-1-3-15(4-2-14)34-9-13(8-32-34)7-28-23(37)16(26)5-6-39-10-17-19(35)20(36)24(38-17)33-12-31-18-21(27)29-11-30-22(18)33/h1-4,8-9,11-12,16-17,19-20,24,35-36H,5-7,10,26H2,(H,28,37)(H2,27,29,30)/t16-,17+,19+,20+,24+/m0/s1. The molecule has 1 aliphatic rings. The molecule has 15 heteroatoms. The fraction of sp³-hybridized carbons (Fsp3) is 0.375. The summed E-state index contributed by atoms with van der Waals surface area (Å²) in [5, 5.41) is 28.1. The molecule has 1 aromatic carbocycles. The normalized spacial score (nSPS) is 21.8. The van der Waals surface area contributed by atoms with E-state index in [0.29, 0.717) is 34.8 Å². The van der Waals surface area contributed by atoms with Gasteiger partial charge in [-0.3, -0.25) is 9.36 Å². The van der Waals surface area contributed by atoms with Gasteiger partial charge >= 0.3 is 0 Å². The van der Waals surface area contributed by atoms with E-state index in [9.17, 15) is 19.4 Å². The smallest absolute Gasteiger partial charge is 0.237 e. The molecule has 5 atom stereocenters. The van der Waals surface area contributed by atoms with Crippen molar-refractivity contribution in [3.8, 4) is 5.69 Å². The van der Waals surface area contributed by atoms with E-state index >= 15 is 0 Å². The lowest BCUT2D eigenvalue weighted by Crippen LogP contribution is -2.40. The van der Waals surface area contributed by atoms with Crippen molar-refractivity contribution in [1.82, 2.24) is 34.6 Å². The molecule has 1 saturated heterocycles. The Morgan fingerprint density at radius 1 is 1.21 bits per heavy atom. The Morgan fingerprint density at radius 2 is 2.00 bits per heavy atom. The Hall–Kier alpha value is -3.63. The molecule has 0 bridgehead atoms. The van der Waals surface area contributed by atoms with Gasteiger partial charge < -0.3 is 31.7 Å². The maximum atomic E-state index is 13.1. The highest BCUT2D eigenvalue weighted by Crippen LogP contribution is 2.33. The number of hydrogen-bond acceptors (Lipinski definition) is 11. The van der Waals surface area contributed by atoms with Gasteiger partial charge in [0.2, 0.25) is 5.91 Å². The molecule has 0 spiro atoms. The summed E-state index contributed by atoms with van der Waals surface area (Å²) in [4.78, 5) is 24.7. The molecule has 3 aromatic heterocycles. The number of aromatic nitrogens is 6. The molecule has 0 unspecified atom stereocenters. The summed E-state index contributed by atoms with van der Waals surface area (Å²) in [5.41, 5.74) is 14.1. The maximum absolute atomic E-state index is 13.1. The molecule has 0 radical (unpaired) electrons. The number of aliphatic hydroxyl groups is 2. The van der Waals surface area contributed by atoms with Gasteiger partial charge in [-0.15, -0.1) is 0 Å². The largest absolute Gasteiger partial charge is 0.387 e. The van der Waals surface area contributed by atoms with E-state index in [0.717, 1.165) is 5.56 Å². The monoisotopic (exact) mass is 557 g/mol. The number of nitrogens with zero attached hydrogens (tertiary/aromatic N) is 6. The molecule has 13 nitrogen and oxygen atoms in total. The van der Waals surface area contributed by atoms with Crippen molar-refractivity contribution in [2.45, 2.75) is 43.5 Å². The predicted molar refractivity (Wildman–Crippen MR) is 141 cm³/mol. The van der Waals surface area contributed by atoms with Crippen LogP contribution in [0.2, 0.25) is 0 Å². The number of anilines is 1. The number of ether oxygens (including phenoxy) is 1. The first-order valence-corrected chi connectivity index (χ1v) is 13.3. The SMILES string of the molecule is Nc1ncnc2c1ncn2[C@@H]1O[C@H](CSCC[C@H](N)C(=O)NCc2cnn(-c3ccc(F)cc3)c2)[C@@H](O)[C@H]1O. The molecule has 1 fully saturated rings. The van der Waals surface area contributed by atoms with Gasteiger partial charge in [0.05, 0.1) is 30.4 Å². The molecule has 7 N–H and O–H groups in total. The van der Waals surface area contributed by atoms with E-state index in [1.165, 1.54) is 41.1 Å². The summed E-state index contributed by atoms with van der Waals surface area (Å²) in [6.07, 6.45) is 2.67. The zero-order valence-electron chi connectivity index (χ0n) is 20.7. The molecule has 5 rings (SSSR count). The van der Waals surface area contributed by atoms with Crippen molar-refractivity contribution in [3.05, 3.63) is 60.7 Å². The van der Waals surface area contributed by atoms with Crippen molar-refractivity contribution in [2.24, 2.45) is 5.73 Å². The van der Waals surface area contributed by atoms with Gasteiger partial charge in [-0.1, -0.05) is 0 Å². The number of carbonyl (C=O) groups is 1. The van der Waals surface area contributed by atoms with Gasteiger partial charge in [-0.2, -0.15) is 16.9 Å². The lowest BCUT2D eigenvalue weighted by molar-refractivity contribution is -0.122. The number of fused-ring (bicyclic) bond motifs is 1. The molecule has 1 aliphatic heterocycles. The molecular weight excluding hydrogens is 529 g/mol. The third-order valence-corrected chi connectivity index (χ3v) is 7.47.